The van der Waals surface area contributed by atoms with Gasteiger partial charge in [-0.25, -0.2) is 9.78 Å². The highest BCUT2D eigenvalue weighted by Gasteiger charge is 2.28. The molecule has 1 saturated carbocycles. The molecule has 6 nitrogen and oxygen atoms in total. The number of imidazole rings is 1. The molecule has 172 valence electrons. The van der Waals surface area contributed by atoms with E-state index in [1.54, 1.807) is 18.2 Å². The van der Waals surface area contributed by atoms with E-state index in [1.807, 2.05) is 49.1 Å². The van der Waals surface area contributed by atoms with Crippen molar-refractivity contribution in [3.8, 4) is 22.4 Å². The normalized spacial score (nSPS) is 14.1. The van der Waals surface area contributed by atoms with Crippen LogP contribution < -0.4 is 5.73 Å². The van der Waals surface area contributed by atoms with Crippen molar-refractivity contribution in [2.75, 3.05) is 12.8 Å². The van der Waals surface area contributed by atoms with Crippen LogP contribution in [0.4, 0.5) is 5.69 Å². The lowest BCUT2D eigenvalue weighted by Gasteiger charge is -2.18. The number of carbonyl (C=O) groups is 1. The van der Waals surface area contributed by atoms with E-state index in [0.29, 0.717) is 22.2 Å². The van der Waals surface area contributed by atoms with Crippen LogP contribution >= 0.6 is 11.6 Å². The number of aromatic nitrogens is 3. The third-order valence-electron chi connectivity index (χ3n) is 6.27. The minimum absolute atomic E-state index is 0.0915. The molecule has 2 aromatic carbocycles. The first-order chi connectivity index (χ1) is 16.5. The quantitative estimate of drug-likeness (QED) is 0.262. The molecule has 0 bridgehead atoms. The Kier molecular flexibility index (Phi) is 6.07. The Morgan fingerprint density at radius 1 is 1.12 bits per heavy atom. The zero-order valence-corrected chi connectivity index (χ0v) is 19.6. The van der Waals surface area contributed by atoms with Gasteiger partial charge in [0, 0.05) is 39.8 Å². The number of ether oxygens (including phenoxy) is 1. The number of hydrogen-bond acceptors (Lipinski definition) is 5. The summed E-state index contributed by atoms with van der Waals surface area (Å²) in [6.07, 6.45) is 9.30. The Labute approximate surface area is 203 Å². The van der Waals surface area contributed by atoms with Gasteiger partial charge in [0.1, 0.15) is 0 Å². The molecule has 4 aromatic rings. The molecule has 34 heavy (non-hydrogen) atoms. The lowest BCUT2D eigenvalue weighted by Crippen LogP contribution is -2.11. The van der Waals surface area contributed by atoms with Gasteiger partial charge in [0.15, 0.2) is 0 Å². The van der Waals surface area contributed by atoms with Crippen LogP contribution in [-0.2, 0) is 4.74 Å². The van der Waals surface area contributed by atoms with E-state index in [-0.39, 0.29) is 12.0 Å². The van der Waals surface area contributed by atoms with E-state index >= 15 is 0 Å². The minimum Gasteiger partial charge on any atom is -0.465 e. The number of esters is 1. The van der Waals surface area contributed by atoms with Crippen LogP contribution in [0.15, 0.2) is 73.3 Å². The van der Waals surface area contributed by atoms with Crippen molar-refractivity contribution in [3.05, 3.63) is 89.6 Å². The molecule has 0 amide bonds. The highest BCUT2D eigenvalue weighted by molar-refractivity contribution is 6.31. The number of pyridine rings is 1. The van der Waals surface area contributed by atoms with Gasteiger partial charge in [0.05, 0.1) is 36.4 Å². The lowest BCUT2D eigenvalue weighted by molar-refractivity contribution is 0.0600. The van der Waals surface area contributed by atoms with Gasteiger partial charge >= 0.3 is 5.97 Å². The number of carbonyl (C=O) groups excluding carboxylic acids is 1. The second-order valence-electron chi connectivity index (χ2n) is 8.67. The van der Waals surface area contributed by atoms with Gasteiger partial charge in [-0.1, -0.05) is 42.6 Å². The summed E-state index contributed by atoms with van der Waals surface area (Å²) in [6.45, 7) is 0. The Hall–Kier alpha value is -3.64. The molecule has 0 aliphatic heterocycles. The predicted molar refractivity (Wildman–Crippen MR) is 134 cm³/mol. The molecule has 2 N–H and O–H groups in total. The smallest absolute Gasteiger partial charge is 0.337 e. The molecule has 1 unspecified atom stereocenters. The topological polar surface area (TPSA) is 83.0 Å². The van der Waals surface area contributed by atoms with E-state index in [0.717, 1.165) is 34.5 Å². The molecule has 1 atom stereocenters. The summed E-state index contributed by atoms with van der Waals surface area (Å²) in [4.78, 5) is 21.1. The highest BCUT2D eigenvalue weighted by Crippen LogP contribution is 2.39. The monoisotopic (exact) mass is 472 g/mol. The number of anilines is 1. The van der Waals surface area contributed by atoms with Crippen molar-refractivity contribution in [2.45, 2.75) is 25.3 Å². The average Bonchev–Trinajstić information content (AvgIpc) is 3.57. The maximum Gasteiger partial charge on any atom is 0.337 e. The van der Waals surface area contributed by atoms with Crippen molar-refractivity contribution >= 4 is 23.3 Å². The number of hydrogen-bond donors (Lipinski definition) is 1. The molecule has 1 aliphatic carbocycles. The summed E-state index contributed by atoms with van der Waals surface area (Å²) < 4.78 is 6.92. The van der Waals surface area contributed by atoms with E-state index in [2.05, 4.69) is 15.6 Å². The lowest BCUT2D eigenvalue weighted by atomic mass is 10.0. The number of halogens is 1. The Morgan fingerprint density at radius 3 is 2.56 bits per heavy atom. The first kappa shape index (κ1) is 22.2. The molecule has 2 heterocycles. The summed E-state index contributed by atoms with van der Waals surface area (Å²) in [5, 5.41) is 0.644. The van der Waals surface area contributed by atoms with Crippen molar-refractivity contribution < 1.29 is 9.53 Å². The van der Waals surface area contributed by atoms with Crippen LogP contribution in [0.2, 0.25) is 5.02 Å². The second-order valence-corrected chi connectivity index (χ2v) is 9.11. The van der Waals surface area contributed by atoms with Crippen LogP contribution in [-0.4, -0.2) is 27.6 Å². The molecular weight excluding hydrogens is 448 g/mol. The number of nitrogen functional groups attached to an aromatic ring is 1. The summed E-state index contributed by atoms with van der Waals surface area (Å²) >= 11 is 6.17. The van der Waals surface area contributed by atoms with Crippen LogP contribution in [0, 0.1) is 5.92 Å². The second kappa shape index (κ2) is 9.31. The van der Waals surface area contributed by atoms with E-state index in [4.69, 9.17) is 27.1 Å². The highest BCUT2D eigenvalue weighted by atomic mass is 35.5. The molecule has 1 fully saturated rings. The van der Waals surface area contributed by atoms with Gasteiger partial charge in [0.2, 0.25) is 0 Å². The fourth-order valence-corrected chi connectivity index (χ4v) is 4.33. The van der Waals surface area contributed by atoms with E-state index in [9.17, 15) is 4.79 Å². The molecular formula is C27H25ClN4O2. The summed E-state index contributed by atoms with van der Waals surface area (Å²) in [5.41, 5.74) is 11.9. The standard InChI is InChI=1S/C27H25ClN4O2/c1-34-27(33)19-6-4-18(5-7-19)25-15-32(16-31-25)26(12-17-2-3-17)24-11-8-20(14-30-24)22-13-21(28)9-10-23(22)29/h4-11,13-17,26H,2-3,12,29H2,1H3. The fourth-order valence-electron chi connectivity index (χ4n) is 4.16. The van der Waals surface area contributed by atoms with E-state index in [1.165, 1.54) is 20.0 Å². The van der Waals surface area contributed by atoms with Gasteiger partial charge < -0.3 is 15.0 Å². The zero-order chi connectivity index (χ0) is 23.7. The Balaban J connectivity index is 1.42. The van der Waals surface area contributed by atoms with Gasteiger partial charge in [0.25, 0.3) is 0 Å². The van der Waals surface area contributed by atoms with Gasteiger partial charge in [-0.15, -0.1) is 0 Å². The zero-order valence-electron chi connectivity index (χ0n) is 18.8. The Morgan fingerprint density at radius 2 is 1.88 bits per heavy atom. The number of benzene rings is 2. The number of nitrogens with two attached hydrogens (primary N) is 1. The fraction of sp³-hybridized carbons (Fsp3) is 0.222. The molecule has 7 heteroatoms. The van der Waals surface area contributed by atoms with Crippen LogP contribution in [0.1, 0.15) is 41.4 Å². The average molecular weight is 473 g/mol. The molecule has 1 aliphatic rings. The molecule has 2 aromatic heterocycles. The maximum absolute atomic E-state index is 11.7. The summed E-state index contributed by atoms with van der Waals surface area (Å²) in [5.74, 6) is 0.357. The van der Waals surface area contributed by atoms with Crippen LogP contribution in [0.3, 0.4) is 0 Å². The Bertz CT molecular complexity index is 1310. The molecule has 0 spiro atoms. The SMILES string of the molecule is COC(=O)c1ccc(-c2cn(C(CC3CC3)c3ccc(-c4cc(Cl)ccc4N)cn3)cn2)cc1. The van der Waals surface area contributed by atoms with Crippen molar-refractivity contribution in [3.63, 3.8) is 0 Å². The van der Waals surface area contributed by atoms with Gasteiger partial charge in [-0.2, -0.15) is 0 Å². The molecule has 0 saturated heterocycles. The third-order valence-corrected chi connectivity index (χ3v) is 6.51. The van der Waals surface area contributed by atoms with Gasteiger partial charge in [-0.05, 0) is 48.7 Å². The van der Waals surface area contributed by atoms with E-state index < -0.39 is 0 Å². The third kappa shape index (κ3) is 4.68. The number of methoxy groups -OCH3 is 1. The summed E-state index contributed by atoms with van der Waals surface area (Å²) in [7, 11) is 1.38. The molecule has 0 radical (unpaired) electrons. The maximum atomic E-state index is 11.7. The first-order valence-electron chi connectivity index (χ1n) is 11.3. The van der Waals surface area contributed by atoms with Crippen molar-refractivity contribution in [1.29, 1.82) is 0 Å². The van der Waals surface area contributed by atoms with Gasteiger partial charge in [-0.3, -0.25) is 4.98 Å². The van der Waals surface area contributed by atoms with Crippen molar-refractivity contribution in [1.82, 2.24) is 14.5 Å². The molecule has 5 rings (SSSR count). The van der Waals surface area contributed by atoms with Crippen LogP contribution in [0.5, 0.6) is 0 Å². The number of nitrogens with zero attached hydrogens (tertiary/aromatic N) is 3. The predicted octanol–water partition coefficient (Wildman–Crippen LogP) is 6.02. The summed E-state index contributed by atoms with van der Waals surface area (Å²) in [6, 6.07) is 16.9. The minimum atomic E-state index is -0.351. The van der Waals surface area contributed by atoms with Crippen LogP contribution in [0.25, 0.3) is 22.4 Å². The number of rotatable bonds is 7. The van der Waals surface area contributed by atoms with Crippen molar-refractivity contribution in [2.24, 2.45) is 5.92 Å². The first-order valence-corrected chi connectivity index (χ1v) is 11.6. The largest absolute Gasteiger partial charge is 0.465 e.